The summed E-state index contributed by atoms with van der Waals surface area (Å²) in [5, 5.41) is 6.39. The number of hydrogen-bond donors (Lipinski definition) is 3. The van der Waals surface area contributed by atoms with Crippen molar-refractivity contribution in [3.8, 4) is 0 Å². The molecule has 8 unspecified atom stereocenters. The lowest BCUT2D eigenvalue weighted by atomic mass is 9.47. The molecule has 4 rings (SSSR count). The zero-order valence-electron chi connectivity index (χ0n) is 26.7. The molecule has 3 saturated carbocycles. The molecule has 0 heterocycles. The highest BCUT2D eigenvalue weighted by Gasteiger charge is 2.59. The van der Waals surface area contributed by atoms with Gasteiger partial charge in [0.05, 0.1) is 0 Å². The number of amides is 1. The standard InChI is InChI=1S/C35H63N3O2.CH4/c1-25(2)10-8-11-26(3)30-14-15-31-29-13-12-27-24-28(16-18-34(27,4)32(29)17-19-35(30,31)5)40-33(39)38-23-9-22-37-21-7-6-20-36;/h12,25-26,28-32,37H,6-11,13-24,36H2,1-5H3,(H,38,39);1H4. The zero-order chi connectivity index (χ0) is 28.8. The van der Waals surface area contributed by atoms with Crippen LogP contribution >= 0.6 is 0 Å². The molecule has 0 aromatic heterocycles. The highest BCUT2D eigenvalue weighted by atomic mass is 16.6. The molecule has 4 aliphatic rings. The van der Waals surface area contributed by atoms with Crippen LogP contribution in [-0.4, -0.2) is 38.4 Å². The second kappa shape index (κ2) is 15.6. The van der Waals surface area contributed by atoms with Crippen molar-refractivity contribution in [1.82, 2.24) is 10.6 Å². The van der Waals surface area contributed by atoms with Crippen molar-refractivity contribution in [2.75, 3.05) is 26.2 Å². The van der Waals surface area contributed by atoms with Gasteiger partial charge in [0.1, 0.15) is 6.10 Å². The number of fused-ring (bicyclic) bond motifs is 5. The van der Waals surface area contributed by atoms with Gasteiger partial charge in [-0.25, -0.2) is 4.79 Å². The van der Waals surface area contributed by atoms with Gasteiger partial charge in [0, 0.05) is 13.0 Å². The molecule has 0 aromatic rings. The van der Waals surface area contributed by atoms with E-state index in [1.54, 1.807) is 5.57 Å². The van der Waals surface area contributed by atoms with Gasteiger partial charge in [-0.2, -0.15) is 0 Å². The third kappa shape index (κ3) is 8.11. The van der Waals surface area contributed by atoms with E-state index in [0.29, 0.717) is 17.4 Å². The molecule has 0 bridgehead atoms. The van der Waals surface area contributed by atoms with Crippen molar-refractivity contribution in [2.45, 2.75) is 138 Å². The Morgan fingerprint density at radius 3 is 2.51 bits per heavy atom. The normalized spacial score (nSPS) is 35.0. The van der Waals surface area contributed by atoms with Crippen LogP contribution in [-0.2, 0) is 4.74 Å². The number of nitrogens with two attached hydrogens (primary N) is 1. The molecule has 0 radical (unpaired) electrons. The highest BCUT2D eigenvalue weighted by molar-refractivity contribution is 5.67. The molecule has 0 aliphatic heterocycles. The minimum Gasteiger partial charge on any atom is -0.446 e. The second-order valence-corrected chi connectivity index (χ2v) is 15.1. The number of rotatable bonds is 14. The van der Waals surface area contributed by atoms with Crippen LogP contribution in [0.5, 0.6) is 0 Å². The van der Waals surface area contributed by atoms with Crippen molar-refractivity contribution in [1.29, 1.82) is 0 Å². The molecule has 8 atom stereocenters. The van der Waals surface area contributed by atoms with E-state index in [4.69, 9.17) is 10.5 Å². The number of nitrogens with one attached hydrogen (secondary N) is 2. The summed E-state index contributed by atoms with van der Waals surface area (Å²) in [5.74, 6) is 5.18. The van der Waals surface area contributed by atoms with E-state index in [0.717, 1.165) is 87.2 Å². The SMILES string of the molecule is C.CC(C)CCCC(C)C1CCC2C3CC=C4CC(OC(=O)NCCCNCCCCN)CCC4(C)C3CCC12C. The highest BCUT2D eigenvalue weighted by Crippen LogP contribution is 2.67. The summed E-state index contributed by atoms with van der Waals surface area (Å²) in [7, 11) is 0. The Balaban J connectivity index is 0.00000462. The maximum absolute atomic E-state index is 12.5. The monoisotopic (exact) mass is 574 g/mol. The van der Waals surface area contributed by atoms with Crippen molar-refractivity contribution >= 4 is 6.09 Å². The number of carbonyl (C=O) groups is 1. The first kappa shape index (κ1) is 34.4. The fourth-order valence-electron chi connectivity index (χ4n) is 9.87. The Bertz CT molecular complexity index is 843. The van der Waals surface area contributed by atoms with Crippen LogP contribution in [0, 0.1) is 46.3 Å². The molecule has 0 aromatic carbocycles. The van der Waals surface area contributed by atoms with Gasteiger partial charge in [-0.05, 0) is 130 Å². The molecule has 0 saturated heterocycles. The van der Waals surface area contributed by atoms with E-state index in [2.05, 4.69) is 51.3 Å². The predicted octanol–water partition coefficient (Wildman–Crippen LogP) is 8.48. The van der Waals surface area contributed by atoms with E-state index >= 15 is 0 Å². The minimum atomic E-state index is -0.237. The van der Waals surface area contributed by atoms with E-state index < -0.39 is 0 Å². The molecule has 0 spiro atoms. The summed E-state index contributed by atoms with van der Waals surface area (Å²) < 4.78 is 5.93. The lowest BCUT2D eigenvalue weighted by molar-refractivity contribution is -0.0581. The van der Waals surface area contributed by atoms with Crippen molar-refractivity contribution in [3.63, 3.8) is 0 Å². The Labute approximate surface area is 254 Å². The summed E-state index contributed by atoms with van der Waals surface area (Å²) >= 11 is 0. The Morgan fingerprint density at radius 2 is 1.76 bits per heavy atom. The number of allylic oxidation sites excluding steroid dienone is 1. The molecule has 1 amide bonds. The summed E-state index contributed by atoms with van der Waals surface area (Å²) in [4.78, 5) is 12.5. The van der Waals surface area contributed by atoms with Gasteiger partial charge in [-0.1, -0.05) is 73.0 Å². The van der Waals surface area contributed by atoms with Gasteiger partial charge in [-0.15, -0.1) is 0 Å². The lowest BCUT2D eigenvalue weighted by Crippen LogP contribution is -2.51. The quantitative estimate of drug-likeness (QED) is 0.144. The summed E-state index contributed by atoms with van der Waals surface area (Å²) in [5.41, 5.74) is 7.98. The van der Waals surface area contributed by atoms with Gasteiger partial charge in [-0.3, -0.25) is 0 Å². The summed E-state index contributed by atoms with van der Waals surface area (Å²) in [6.45, 7) is 15.9. The van der Waals surface area contributed by atoms with Crippen LogP contribution in [0.15, 0.2) is 11.6 Å². The molecule has 3 fully saturated rings. The van der Waals surface area contributed by atoms with Crippen LogP contribution in [0.2, 0.25) is 0 Å². The third-order valence-corrected chi connectivity index (χ3v) is 12.1. The molecular weight excluding hydrogens is 506 g/mol. The van der Waals surface area contributed by atoms with E-state index in [1.807, 2.05) is 0 Å². The van der Waals surface area contributed by atoms with Gasteiger partial charge >= 0.3 is 6.09 Å². The number of alkyl carbamates (subject to hydrolysis) is 1. The van der Waals surface area contributed by atoms with Crippen LogP contribution in [0.4, 0.5) is 4.79 Å². The lowest BCUT2D eigenvalue weighted by Gasteiger charge is -2.58. The topological polar surface area (TPSA) is 76.4 Å². The number of hydrogen-bond acceptors (Lipinski definition) is 4. The maximum Gasteiger partial charge on any atom is 0.407 e. The first-order valence-electron chi connectivity index (χ1n) is 17.2. The molecule has 41 heavy (non-hydrogen) atoms. The first-order valence-corrected chi connectivity index (χ1v) is 17.2. The minimum absolute atomic E-state index is 0. The molecular formula is C36H67N3O2. The second-order valence-electron chi connectivity index (χ2n) is 15.1. The fourth-order valence-corrected chi connectivity index (χ4v) is 9.87. The van der Waals surface area contributed by atoms with Crippen LogP contribution in [0.3, 0.4) is 0 Å². The van der Waals surface area contributed by atoms with Gasteiger partial charge in [0.25, 0.3) is 0 Å². The Kier molecular flexibility index (Phi) is 13.1. The summed E-state index contributed by atoms with van der Waals surface area (Å²) in [6.07, 6.45) is 19.8. The van der Waals surface area contributed by atoms with Crippen LogP contribution < -0.4 is 16.4 Å². The third-order valence-electron chi connectivity index (χ3n) is 12.1. The number of ether oxygens (including phenoxy) is 1. The Hall–Kier alpha value is -1.07. The molecule has 238 valence electrons. The van der Waals surface area contributed by atoms with Gasteiger partial charge in [0.15, 0.2) is 0 Å². The zero-order valence-corrected chi connectivity index (χ0v) is 26.7. The molecule has 4 aliphatic carbocycles. The van der Waals surface area contributed by atoms with Gasteiger partial charge in [0.2, 0.25) is 0 Å². The van der Waals surface area contributed by atoms with Crippen molar-refractivity contribution in [2.24, 2.45) is 52.1 Å². The van der Waals surface area contributed by atoms with Crippen molar-refractivity contribution in [3.05, 3.63) is 11.6 Å². The average Bonchev–Trinajstić information content (AvgIpc) is 3.27. The molecule has 5 nitrogen and oxygen atoms in total. The summed E-state index contributed by atoms with van der Waals surface area (Å²) in [6, 6.07) is 0. The smallest absolute Gasteiger partial charge is 0.407 e. The van der Waals surface area contributed by atoms with E-state index in [-0.39, 0.29) is 19.6 Å². The first-order chi connectivity index (χ1) is 19.2. The molecule has 4 N–H and O–H groups in total. The van der Waals surface area contributed by atoms with Gasteiger partial charge < -0.3 is 21.1 Å². The largest absolute Gasteiger partial charge is 0.446 e. The Morgan fingerprint density at radius 1 is 0.976 bits per heavy atom. The number of carbonyl (C=O) groups excluding carboxylic acids is 1. The fraction of sp³-hybridized carbons (Fsp3) is 0.917. The maximum atomic E-state index is 12.5. The van der Waals surface area contributed by atoms with E-state index in [1.165, 1.54) is 57.8 Å². The van der Waals surface area contributed by atoms with E-state index in [9.17, 15) is 4.79 Å². The van der Waals surface area contributed by atoms with Crippen molar-refractivity contribution < 1.29 is 9.53 Å². The predicted molar refractivity (Wildman–Crippen MR) is 174 cm³/mol. The number of unbranched alkanes of at least 4 members (excludes halogenated alkanes) is 1. The van der Waals surface area contributed by atoms with Crippen LogP contribution in [0.1, 0.15) is 132 Å². The van der Waals surface area contributed by atoms with Crippen LogP contribution in [0.25, 0.3) is 0 Å². The molecule has 5 heteroatoms. The average molecular weight is 574 g/mol.